The largest absolute Gasteiger partial charge is 0.486 e. The fraction of sp³-hybridized carbons (Fsp3) is 0.370. The summed E-state index contributed by atoms with van der Waals surface area (Å²) >= 11 is 0. The molecule has 36 heavy (non-hydrogen) atoms. The van der Waals surface area contributed by atoms with Crippen molar-refractivity contribution in [3.63, 3.8) is 0 Å². The molecule has 0 N–H and O–H groups in total. The van der Waals surface area contributed by atoms with E-state index in [1.54, 1.807) is 27.8 Å². The summed E-state index contributed by atoms with van der Waals surface area (Å²) < 4.78 is 40.0. The maximum atomic E-state index is 13.8. The molecule has 0 atom stereocenters. The number of ketones is 1. The van der Waals surface area contributed by atoms with Crippen LogP contribution < -0.4 is 9.47 Å². The number of hydrogen-bond acceptors (Lipinski definition) is 5. The van der Waals surface area contributed by atoms with Gasteiger partial charge in [0.2, 0.25) is 0 Å². The van der Waals surface area contributed by atoms with Crippen LogP contribution in [0.15, 0.2) is 36.4 Å². The highest BCUT2D eigenvalue weighted by molar-refractivity contribution is 5.99. The molecule has 0 bridgehead atoms. The highest BCUT2D eigenvalue weighted by Crippen LogP contribution is 2.33. The first-order valence-electron chi connectivity index (χ1n) is 12.3. The maximum absolute atomic E-state index is 13.8. The SMILES string of the molecule is O=C(c1ccc2c(c1)OCCO2)C1CCN(C(=O)c2nn(-c3ccc(F)c(F)c3)c3c2CCC3)CC1. The zero-order valence-corrected chi connectivity index (χ0v) is 19.6. The molecular weight excluding hydrogens is 468 g/mol. The van der Waals surface area contributed by atoms with Crippen molar-refractivity contribution in [1.82, 2.24) is 14.7 Å². The Morgan fingerprint density at radius 1 is 0.917 bits per heavy atom. The summed E-state index contributed by atoms with van der Waals surface area (Å²) in [5, 5.41) is 4.53. The van der Waals surface area contributed by atoms with Crippen molar-refractivity contribution >= 4 is 11.7 Å². The second kappa shape index (κ2) is 9.04. The van der Waals surface area contributed by atoms with Crippen LogP contribution in [0.2, 0.25) is 0 Å². The number of amides is 1. The van der Waals surface area contributed by atoms with E-state index in [1.807, 2.05) is 0 Å². The summed E-state index contributed by atoms with van der Waals surface area (Å²) in [6.45, 7) is 1.86. The van der Waals surface area contributed by atoms with E-state index >= 15 is 0 Å². The Balaban J connectivity index is 1.17. The summed E-state index contributed by atoms with van der Waals surface area (Å²) in [4.78, 5) is 28.3. The predicted octanol–water partition coefficient (Wildman–Crippen LogP) is 4.15. The average molecular weight is 494 g/mol. The number of fused-ring (bicyclic) bond motifs is 2. The Morgan fingerprint density at radius 2 is 1.69 bits per heavy atom. The van der Waals surface area contributed by atoms with Gasteiger partial charge >= 0.3 is 0 Å². The van der Waals surface area contributed by atoms with Crippen molar-refractivity contribution in [1.29, 1.82) is 0 Å². The number of benzene rings is 2. The zero-order chi connectivity index (χ0) is 24.8. The zero-order valence-electron chi connectivity index (χ0n) is 19.6. The van der Waals surface area contributed by atoms with Crippen LogP contribution in [0.1, 0.15) is 51.4 Å². The molecule has 3 aliphatic rings. The molecule has 1 aromatic heterocycles. The number of carbonyl (C=O) groups is 2. The monoisotopic (exact) mass is 493 g/mol. The Kier molecular flexibility index (Phi) is 5.70. The minimum Gasteiger partial charge on any atom is -0.486 e. The van der Waals surface area contributed by atoms with E-state index in [2.05, 4.69) is 5.10 Å². The molecule has 3 aromatic rings. The molecule has 1 amide bonds. The van der Waals surface area contributed by atoms with E-state index in [9.17, 15) is 18.4 Å². The van der Waals surface area contributed by atoms with Crippen LogP contribution in [0.3, 0.4) is 0 Å². The van der Waals surface area contributed by atoms with Crippen molar-refractivity contribution in [2.24, 2.45) is 5.92 Å². The molecule has 2 aliphatic heterocycles. The number of nitrogens with zero attached hydrogens (tertiary/aromatic N) is 3. The number of hydrogen-bond donors (Lipinski definition) is 0. The highest BCUT2D eigenvalue weighted by atomic mass is 19.2. The van der Waals surface area contributed by atoms with Crippen LogP contribution in [0.4, 0.5) is 8.78 Å². The van der Waals surface area contributed by atoms with Crippen LogP contribution in [0.25, 0.3) is 5.69 Å². The molecule has 0 unspecified atom stereocenters. The minimum atomic E-state index is -0.952. The molecule has 186 valence electrons. The van der Waals surface area contributed by atoms with E-state index in [1.165, 1.54) is 6.07 Å². The third-order valence-electron chi connectivity index (χ3n) is 7.26. The number of rotatable bonds is 4. The van der Waals surface area contributed by atoms with Gasteiger partial charge in [-0.3, -0.25) is 9.59 Å². The van der Waals surface area contributed by atoms with Gasteiger partial charge in [-0.2, -0.15) is 5.10 Å². The second-order valence-corrected chi connectivity index (χ2v) is 9.43. The van der Waals surface area contributed by atoms with E-state index < -0.39 is 11.6 Å². The lowest BCUT2D eigenvalue weighted by Gasteiger charge is -2.31. The number of carbonyl (C=O) groups excluding carboxylic acids is 2. The van der Waals surface area contributed by atoms with Gasteiger partial charge in [0.1, 0.15) is 13.2 Å². The molecule has 3 heterocycles. The average Bonchev–Trinajstić information content (AvgIpc) is 3.53. The third kappa shape index (κ3) is 3.92. The number of piperidine rings is 1. The Hall–Kier alpha value is -3.75. The van der Waals surface area contributed by atoms with Gasteiger partial charge in [-0.15, -0.1) is 0 Å². The first-order valence-corrected chi connectivity index (χ1v) is 12.3. The van der Waals surface area contributed by atoms with E-state index in [4.69, 9.17) is 9.47 Å². The van der Waals surface area contributed by atoms with Crippen molar-refractivity contribution < 1.29 is 27.8 Å². The second-order valence-electron chi connectivity index (χ2n) is 9.43. The molecule has 1 fully saturated rings. The van der Waals surface area contributed by atoms with Gasteiger partial charge in [0.25, 0.3) is 5.91 Å². The van der Waals surface area contributed by atoms with Crippen molar-refractivity contribution in [3.05, 3.63) is 70.5 Å². The molecule has 7 nitrogen and oxygen atoms in total. The molecule has 2 aromatic carbocycles. The molecule has 9 heteroatoms. The Labute approximate surface area is 206 Å². The van der Waals surface area contributed by atoms with Gasteiger partial charge in [-0.25, -0.2) is 13.5 Å². The standard InChI is InChI=1S/C27H25F2N3O4/c28-20-6-5-18(15-21(20)29)32-22-3-1-2-19(22)25(30-32)27(34)31-10-8-16(9-11-31)26(33)17-4-7-23-24(14-17)36-13-12-35-23/h4-7,14-16H,1-3,8-13H2. The predicted molar refractivity (Wildman–Crippen MR) is 126 cm³/mol. The maximum Gasteiger partial charge on any atom is 0.274 e. The van der Waals surface area contributed by atoms with Gasteiger partial charge in [-0.1, -0.05) is 0 Å². The molecule has 0 radical (unpaired) electrons. The Bertz CT molecular complexity index is 1360. The molecule has 0 saturated carbocycles. The molecule has 1 saturated heterocycles. The smallest absolute Gasteiger partial charge is 0.274 e. The topological polar surface area (TPSA) is 73.7 Å². The number of ether oxygens (including phenoxy) is 2. The minimum absolute atomic E-state index is 0.0441. The summed E-state index contributed by atoms with van der Waals surface area (Å²) in [5.74, 6) is -0.956. The number of likely N-dealkylation sites (tertiary alicyclic amines) is 1. The summed E-state index contributed by atoms with van der Waals surface area (Å²) in [7, 11) is 0. The van der Waals surface area contributed by atoms with Crippen molar-refractivity contribution in [2.45, 2.75) is 32.1 Å². The summed E-state index contributed by atoms with van der Waals surface area (Å²) in [6, 6.07) is 8.91. The molecular formula is C27H25F2N3O4. The highest BCUT2D eigenvalue weighted by Gasteiger charge is 2.33. The quantitative estimate of drug-likeness (QED) is 0.511. The third-order valence-corrected chi connectivity index (χ3v) is 7.26. The van der Waals surface area contributed by atoms with Crippen molar-refractivity contribution in [2.75, 3.05) is 26.3 Å². The van der Waals surface area contributed by atoms with Gasteiger partial charge in [0, 0.05) is 41.9 Å². The first-order chi connectivity index (χ1) is 17.5. The van der Waals surface area contributed by atoms with E-state index in [-0.39, 0.29) is 17.6 Å². The van der Waals surface area contributed by atoms with Gasteiger partial charge < -0.3 is 14.4 Å². The molecule has 6 rings (SSSR count). The fourth-order valence-electron chi connectivity index (χ4n) is 5.37. The first kappa shape index (κ1) is 22.7. The fourth-order valence-corrected chi connectivity index (χ4v) is 5.37. The molecule has 0 spiro atoms. The van der Waals surface area contributed by atoms with Gasteiger partial charge in [0.15, 0.2) is 34.6 Å². The lowest BCUT2D eigenvalue weighted by atomic mass is 9.88. The number of Topliss-reactive ketones (excluding diaryl/α,β-unsaturated/α-hetero) is 1. The lowest BCUT2D eigenvalue weighted by Crippen LogP contribution is -2.40. The van der Waals surface area contributed by atoms with Crippen LogP contribution >= 0.6 is 0 Å². The number of aromatic nitrogens is 2. The molecule has 1 aliphatic carbocycles. The van der Waals surface area contributed by atoms with Crippen LogP contribution in [-0.4, -0.2) is 52.7 Å². The normalized spacial score (nSPS) is 17.2. The summed E-state index contributed by atoms with van der Waals surface area (Å²) in [6.07, 6.45) is 3.44. The van der Waals surface area contributed by atoms with Crippen LogP contribution in [0, 0.1) is 17.6 Å². The van der Waals surface area contributed by atoms with Gasteiger partial charge in [0.05, 0.1) is 5.69 Å². The lowest BCUT2D eigenvalue weighted by molar-refractivity contribution is 0.0644. The number of halogens is 2. The van der Waals surface area contributed by atoms with Gasteiger partial charge in [-0.05, 0) is 62.4 Å². The Morgan fingerprint density at radius 3 is 2.47 bits per heavy atom. The van der Waals surface area contributed by atoms with Crippen LogP contribution in [-0.2, 0) is 12.8 Å². The summed E-state index contributed by atoms with van der Waals surface area (Å²) in [5.41, 5.74) is 3.10. The van der Waals surface area contributed by atoms with Crippen LogP contribution in [0.5, 0.6) is 11.5 Å². The van der Waals surface area contributed by atoms with E-state index in [0.29, 0.717) is 67.6 Å². The van der Waals surface area contributed by atoms with Crippen molar-refractivity contribution in [3.8, 4) is 17.2 Å². The van der Waals surface area contributed by atoms with E-state index in [0.717, 1.165) is 42.7 Å².